The van der Waals surface area contributed by atoms with Crippen molar-refractivity contribution >= 4 is 46.9 Å². The average Bonchev–Trinajstić information content (AvgIpc) is 2.89. The lowest BCUT2D eigenvalue weighted by molar-refractivity contribution is -0.140. The summed E-state index contributed by atoms with van der Waals surface area (Å²) in [5, 5.41) is 40.1. The molecule has 0 saturated carbocycles. The van der Waals surface area contributed by atoms with Crippen molar-refractivity contribution in [3.8, 4) is 0 Å². The molecule has 2 rings (SSSR count). The molecule has 1 aliphatic heterocycles. The zero-order chi connectivity index (χ0) is 30.2. The Morgan fingerprint density at radius 3 is 1.15 bits per heavy atom. The van der Waals surface area contributed by atoms with Gasteiger partial charge >= 0.3 is 23.9 Å². The van der Waals surface area contributed by atoms with Crippen molar-refractivity contribution in [1.29, 1.82) is 0 Å². The van der Waals surface area contributed by atoms with E-state index in [4.69, 9.17) is 0 Å². The van der Waals surface area contributed by atoms with Crippen LogP contribution in [-0.2, 0) is 25.7 Å². The summed E-state index contributed by atoms with van der Waals surface area (Å²) in [6.45, 7) is 2.97. The van der Waals surface area contributed by atoms with Crippen LogP contribution in [0, 0.1) is 0 Å². The van der Waals surface area contributed by atoms with Crippen molar-refractivity contribution in [2.75, 3.05) is 91.6 Å². The van der Waals surface area contributed by atoms with E-state index in [9.17, 15) is 39.6 Å². The molecule has 1 saturated heterocycles. The largest absolute Gasteiger partial charge is 0.480 e. The molecule has 226 valence electrons. The lowest BCUT2D eigenvalue weighted by atomic mass is 10.2. The quantitative estimate of drug-likeness (QED) is 0.195. The fourth-order valence-corrected chi connectivity index (χ4v) is 4.62. The fourth-order valence-electron chi connectivity index (χ4n) is 4.52. The number of benzene rings is 1. The second kappa shape index (κ2) is 18.2. The molecule has 0 bridgehead atoms. The van der Waals surface area contributed by atoms with E-state index in [0.717, 1.165) is 5.56 Å². The molecule has 0 atom stereocenters. The van der Waals surface area contributed by atoms with Gasteiger partial charge in [-0.1, -0.05) is 12.1 Å². The highest BCUT2D eigenvalue weighted by Crippen LogP contribution is 2.14. The minimum Gasteiger partial charge on any atom is -0.480 e. The minimum absolute atomic E-state index is 0.227. The van der Waals surface area contributed by atoms with Gasteiger partial charge in [0.15, 0.2) is 0 Å². The van der Waals surface area contributed by atoms with Crippen molar-refractivity contribution in [1.82, 2.24) is 24.5 Å². The molecule has 0 aromatic heterocycles. The molecule has 14 nitrogen and oxygen atoms in total. The van der Waals surface area contributed by atoms with Crippen LogP contribution in [-0.4, -0.2) is 166 Å². The normalized spacial score (nSPS) is 18.0. The Morgan fingerprint density at radius 1 is 0.585 bits per heavy atom. The van der Waals surface area contributed by atoms with E-state index in [1.54, 1.807) is 19.6 Å². The monoisotopic (exact) mass is 594 g/mol. The maximum atomic E-state index is 11.6. The van der Waals surface area contributed by atoms with Crippen LogP contribution in [0.25, 0.3) is 0 Å². The van der Waals surface area contributed by atoms with Gasteiger partial charge in [-0.15, -0.1) is 0 Å². The van der Waals surface area contributed by atoms with Crippen LogP contribution >= 0.6 is 12.2 Å². The first-order valence-electron chi connectivity index (χ1n) is 13.2. The van der Waals surface area contributed by atoms with E-state index in [-0.39, 0.29) is 52.4 Å². The summed E-state index contributed by atoms with van der Waals surface area (Å²) in [5.74, 6) is -4.10. The van der Waals surface area contributed by atoms with E-state index in [0.29, 0.717) is 51.5 Å². The predicted molar refractivity (Wildman–Crippen MR) is 153 cm³/mol. The first-order chi connectivity index (χ1) is 19.5. The summed E-state index contributed by atoms with van der Waals surface area (Å²) in [7, 11) is 0. The lowest BCUT2D eigenvalue weighted by Gasteiger charge is -2.30. The third-order valence-corrected chi connectivity index (χ3v) is 6.71. The number of nitrogens with zero attached hydrogens (tertiary/aromatic N) is 6. The molecule has 1 aromatic carbocycles. The van der Waals surface area contributed by atoms with Gasteiger partial charge in [-0.2, -0.15) is 4.99 Å². The Morgan fingerprint density at radius 2 is 0.878 bits per heavy atom. The van der Waals surface area contributed by atoms with Crippen LogP contribution in [0.5, 0.6) is 0 Å². The highest BCUT2D eigenvalue weighted by atomic mass is 32.1. The van der Waals surface area contributed by atoms with Gasteiger partial charge in [0.05, 0.1) is 37.0 Å². The Kier molecular flexibility index (Phi) is 15.0. The Balaban J connectivity index is 2.31. The Labute approximate surface area is 244 Å². The van der Waals surface area contributed by atoms with Gasteiger partial charge in [0.2, 0.25) is 0 Å². The number of carboxylic acid groups (broad SMARTS) is 4. The first kappa shape index (κ1) is 33.9. The molecule has 0 spiro atoms. The smallest absolute Gasteiger partial charge is 0.317 e. The number of hydrogen-bond donors (Lipinski definition) is 4. The van der Waals surface area contributed by atoms with E-state index in [1.165, 1.54) is 0 Å². The molecule has 0 unspecified atom stereocenters. The molecular weight excluding hydrogens is 556 g/mol. The zero-order valence-corrected chi connectivity index (χ0v) is 23.7. The lowest BCUT2D eigenvalue weighted by Crippen LogP contribution is -2.45. The molecule has 1 fully saturated rings. The zero-order valence-electron chi connectivity index (χ0n) is 22.9. The van der Waals surface area contributed by atoms with Gasteiger partial charge < -0.3 is 20.4 Å². The number of isothiocyanates is 1. The van der Waals surface area contributed by atoms with Crippen LogP contribution in [0.4, 0.5) is 5.69 Å². The Hall–Kier alpha value is -3.30. The molecule has 0 radical (unpaired) electrons. The maximum Gasteiger partial charge on any atom is 0.317 e. The standard InChI is InChI=1S/C26H38N6O8S/c33-23(34)16-29-7-5-28(15-21-1-3-22(4-2-21)27-20-41)6-8-30(17-24(35)36)10-12-32(19-26(39)40)14-13-31(11-9-29)18-25(37)38/h1-4H,5-19H2,(H,33,34)(H,35,36)(H,37,38)(H,39,40). The van der Waals surface area contributed by atoms with E-state index >= 15 is 0 Å². The van der Waals surface area contributed by atoms with Gasteiger partial charge in [0.1, 0.15) is 0 Å². The van der Waals surface area contributed by atoms with Crippen molar-refractivity contribution < 1.29 is 39.6 Å². The third-order valence-electron chi connectivity index (χ3n) is 6.62. The fraction of sp³-hybridized carbons (Fsp3) is 0.577. The van der Waals surface area contributed by atoms with Crippen molar-refractivity contribution in [2.24, 2.45) is 4.99 Å². The van der Waals surface area contributed by atoms with E-state index < -0.39 is 23.9 Å². The van der Waals surface area contributed by atoms with Crippen molar-refractivity contribution in [3.63, 3.8) is 0 Å². The van der Waals surface area contributed by atoms with E-state index in [1.807, 2.05) is 24.3 Å². The molecular formula is C26H38N6O8S. The predicted octanol–water partition coefficient (Wildman–Crippen LogP) is -0.217. The number of rotatable bonds is 11. The van der Waals surface area contributed by atoms with E-state index in [2.05, 4.69) is 27.3 Å². The molecule has 1 aliphatic rings. The van der Waals surface area contributed by atoms with Gasteiger partial charge in [-0.25, -0.2) is 0 Å². The first-order valence-corrected chi connectivity index (χ1v) is 13.6. The van der Waals surface area contributed by atoms with Crippen molar-refractivity contribution in [2.45, 2.75) is 6.54 Å². The number of aliphatic carboxylic acids is 4. The molecule has 0 aliphatic carbocycles. The summed E-state index contributed by atoms with van der Waals surface area (Å²) in [6.07, 6.45) is 0. The summed E-state index contributed by atoms with van der Waals surface area (Å²) < 4.78 is 0. The SMILES string of the molecule is O=C(O)CN1CCN(CC(=O)O)CCN(CC(=O)O)CCN(Cc2ccc(N=C=S)cc2)CCN(CC(=O)O)CC1. The molecule has 1 heterocycles. The van der Waals surface area contributed by atoms with Crippen LogP contribution in [0.15, 0.2) is 29.3 Å². The minimum atomic E-state index is -1.04. The highest BCUT2D eigenvalue weighted by molar-refractivity contribution is 7.78. The van der Waals surface area contributed by atoms with Crippen molar-refractivity contribution in [3.05, 3.63) is 29.8 Å². The number of thiocarbonyl (C=S) groups is 1. The summed E-state index contributed by atoms with van der Waals surface area (Å²) in [4.78, 5) is 59.0. The number of hydrogen-bond acceptors (Lipinski definition) is 11. The second-order valence-corrected chi connectivity index (χ2v) is 10.0. The van der Waals surface area contributed by atoms with Gasteiger partial charge in [0.25, 0.3) is 0 Å². The Bertz CT molecular complexity index is 1020. The van der Waals surface area contributed by atoms with Gasteiger partial charge in [0, 0.05) is 72.0 Å². The number of carboxylic acids is 4. The topological polar surface area (TPSA) is 178 Å². The van der Waals surface area contributed by atoms with Crippen LogP contribution in [0.3, 0.4) is 0 Å². The highest BCUT2D eigenvalue weighted by Gasteiger charge is 2.20. The molecule has 41 heavy (non-hydrogen) atoms. The number of carbonyl (C=O) groups is 4. The van der Waals surface area contributed by atoms with Gasteiger partial charge in [-0.05, 0) is 29.9 Å². The third kappa shape index (κ3) is 14.8. The maximum absolute atomic E-state index is 11.6. The summed E-state index contributed by atoms with van der Waals surface area (Å²) >= 11 is 4.65. The summed E-state index contributed by atoms with van der Waals surface area (Å²) in [5.41, 5.74) is 1.64. The molecule has 1 aromatic rings. The van der Waals surface area contributed by atoms with Crippen LogP contribution in [0.1, 0.15) is 5.56 Å². The molecule has 15 heteroatoms. The number of aliphatic imine (C=N–C) groups is 1. The van der Waals surface area contributed by atoms with Gasteiger partial charge in [-0.3, -0.25) is 43.7 Å². The average molecular weight is 595 g/mol. The van der Waals surface area contributed by atoms with Crippen LogP contribution < -0.4 is 0 Å². The summed E-state index contributed by atoms with van der Waals surface area (Å²) in [6, 6.07) is 7.42. The van der Waals surface area contributed by atoms with Crippen LogP contribution in [0.2, 0.25) is 0 Å². The molecule has 0 amide bonds. The second-order valence-electron chi connectivity index (χ2n) is 9.83. The molecule has 4 N–H and O–H groups in total.